The summed E-state index contributed by atoms with van der Waals surface area (Å²) in [7, 11) is 0. The molecule has 0 amide bonds. The molecule has 3 aromatic heterocycles. The van der Waals surface area contributed by atoms with Gasteiger partial charge in [0.05, 0.1) is 16.6 Å². The summed E-state index contributed by atoms with van der Waals surface area (Å²) in [4.78, 5) is 29.2. The van der Waals surface area contributed by atoms with Crippen molar-refractivity contribution in [2.24, 2.45) is 5.92 Å². The van der Waals surface area contributed by atoms with Crippen molar-refractivity contribution in [2.75, 3.05) is 0 Å². The second kappa shape index (κ2) is 6.60. The average molecular weight is 376 g/mol. The number of rotatable bonds is 4. The van der Waals surface area contributed by atoms with Gasteiger partial charge in [-0.1, -0.05) is 44.2 Å². The zero-order valence-electron chi connectivity index (χ0n) is 15.8. The lowest BCUT2D eigenvalue weighted by molar-refractivity contribution is -0.142. The molecular weight excluding hydrogens is 356 g/mol. The summed E-state index contributed by atoms with van der Waals surface area (Å²) in [5, 5.41) is 14.5. The minimum Gasteiger partial charge on any atom is -0.480 e. The normalized spacial score (nSPS) is 12.7. The Kier molecular flexibility index (Phi) is 4.22. The lowest BCUT2D eigenvalue weighted by Gasteiger charge is -2.19. The molecule has 3 heterocycles. The predicted octanol–water partition coefficient (Wildman–Crippen LogP) is 3.30. The molecule has 7 heteroatoms. The van der Waals surface area contributed by atoms with E-state index in [2.05, 4.69) is 10.1 Å². The maximum absolute atomic E-state index is 13.0. The van der Waals surface area contributed by atoms with Crippen LogP contribution in [-0.2, 0) is 4.79 Å². The second-order valence-electron chi connectivity index (χ2n) is 7.17. The fraction of sp³-hybridized carbons (Fsp3) is 0.238. The molecule has 0 saturated carbocycles. The number of carboxylic acids is 1. The molecule has 0 aliphatic carbocycles. The summed E-state index contributed by atoms with van der Waals surface area (Å²) < 4.78 is 2.92. The van der Waals surface area contributed by atoms with Gasteiger partial charge in [0.1, 0.15) is 6.04 Å². The first-order valence-corrected chi connectivity index (χ1v) is 9.07. The van der Waals surface area contributed by atoms with Crippen molar-refractivity contribution in [3.05, 3.63) is 64.8 Å². The number of aliphatic carboxylic acids is 1. The fourth-order valence-electron chi connectivity index (χ4n) is 3.68. The van der Waals surface area contributed by atoms with E-state index in [1.54, 1.807) is 24.4 Å². The number of benzene rings is 1. The van der Waals surface area contributed by atoms with Crippen molar-refractivity contribution >= 4 is 22.5 Å². The minimum atomic E-state index is -1.04. The Morgan fingerprint density at radius 3 is 2.50 bits per heavy atom. The summed E-state index contributed by atoms with van der Waals surface area (Å²) in [5.41, 5.74) is 3.60. The standard InChI is InChI=1S/C21H20N4O3/c1-12(2)18(21(27)28)24-10-9-16-15(20(24)26)11-22-19-17(13(3)23-25(16)19)14-7-5-4-6-8-14/h4-12,18H,1-3H3,(H,27,28)/t18-/m1/s1. The van der Waals surface area contributed by atoms with Crippen LogP contribution in [0.3, 0.4) is 0 Å². The van der Waals surface area contributed by atoms with Crippen molar-refractivity contribution in [1.82, 2.24) is 19.2 Å². The molecule has 4 aromatic rings. The Bertz CT molecular complexity index is 1260. The van der Waals surface area contributed by atoms with Gasteiger partial charge in [-0.25, -0.2) is 14.3 Å². The zero-order chi connectivity index (χ0) is 20.0. The van der Waals surface area contributed by atoms with E-state index in [0.717, 1.165) is 16.8 Å². The molecule has 0 unspecified atom stereocenters. The van der Waals surface area contributed by atoms with Crippen LogP contribution in [0.25, 0.3) is 27.7 Å². The molecule has 0 aliphatic heterocycles. The lowest BCUT2D eigenvalue weighted by atomic mass is 10.0. The van der Waals surface area contributed by atoms with E-state index in [1.807, 2.05) is 37.3 Å². The van der Waals surface area contributed by atoms with Crippen LogP contribution in [0.15, 0.2) is 53.6 Å². The second-order valence-corrected chi connectivity index (χ2v) is 7.17. The Balaban J connectivity index is 1.99. The molecule has 7 nitrogen and oxygen atoms in total. The third-order valence-electron chi connectivity index (χ3n) is 4.96. The summed E-state index contributed by atoms with van der Waals surface area (Å²) in [5.74, 6) is -1.27. The summed E-state index contributed by atoms with van der Waals surface area (Å²) >= 11 is 0. The van der Waals surface area contributed by atoms with Crippen LogP contribution in [0.5, 0.6) is 0 Å². The first-order valence-electron chi connectivity index (χ1n) is 9.07. The Morgan fingerprint density at radius 1 is 1.14 bits per heavy atom. The van der Waals surface area contributed by atoms with Gasteiger partial charge in [0, 0.05) is 18.0 Å². The highest BCUT2D eigenvalue weighted by molar-refractivity contribution is 5.86. The highest BCUT2D eigenvalue weighted by Crippen LogP contribution is 2.28. The van der Waals surface area contributed by atoms with E-state index in [0.29, 0.717) is 16.6 Å². The molecule has 142 valence electrons. The Hall–Kier alpha value is -3.48. The number of nitrogens with zero attached hydrogens (tertiary/aromatic N) is 4. The van der Waals surface area contributed by atoms with E-state index >= 15 is 0 Å². The third-order valence-corrected chi connectivity index (χ3v) is 4.96. The number of fused-ring (bicyclic) bond motifs is 3. The Labute approximate surface area is 160 Å². The van der Waals surface area contributed by atoms with Crippen LogP contribution >= 0.6 is 0 Å². The largest absolute Gasteiger partial charge is 0.480 e. The molecule has 0 spiro atoms. The molecule has 1 atom stereocenters. The van der Waals surface area contributed by atoms with Crippen LogP contribution in [-0.4, -0.2) is 30.2 Å². The summed E-state index contributed by atoms with van der Waals surface area (Å²) in [6, 6.07) is 10.6. The quantitative estimate of drug-likeness (QED) is 0.590. The van der Waals surface area contributed by atoms with Crippen LogP contribution in [0.4, 0.5) is 0 Å². The number of pyridine rings is 1. The highest BCUT2D eigenvalue weighted by Gasteiger charge is 2.25. The van der Waals surface area contributed by atoms with Crippen LogP contribution in [0, 0.1) is 12.8 Å². The summed E-state index contributed by atoms with van der Waals surface area (Å²) in [6.45, 7) is 5.46. The van der Waals surface area contributed by atoms with Gasteiger partial charge in [-0.05, 0) is 24.5 Å². The molecule has 1 aromatic carbocycles. The monoisotopic (exact) mass is 376 g/mol. The number of hydrogen-bond donors (Lipinski definition) is 1. The summed E-state index contributed by atoms with van der Waals surface area (Å²) in [6.07, 6.45) is 3.04. The number of carboxylic acid groups (broad SMARTS) is 1. The number of aryl methyl sites for hydroxylation is 1. The molecular formula is C21H20N4O3. The van der Waals surface area contributed by atoms with Gasteiger partial charge in [0.25, 0.3) is 5.56 Å². The predicted molar refractivity (Wildman–Crippen MR) is 106 cm³/mol. The molecule has 0 saturated heterocycles. The van der Waals surface area contributed by atoms with Crippen molar-refractivity contribution in [3.8, 4) is 11.1 Å². The number of carbonyl (C=O) groups is 1. The maximum Gasteiger partial charge on any atom is 0.327 e. The van der Waals surface area contributed by atoms with Gasteiger partial charge >= 0.3 is 5.97 Å². The van der Waals surface area contributed by atoms with Gasteiger partial charge in [0.2, 0.25) is 0 Å². The van der Waals surface area contributed by atoms with Crippen LogP contribution in [0.2, 0.25) is 0 Å². The molecule has 0 bridgehead atoms. The van der Waals surface area contributed by atoms with Gasteiger partial charge in [-0.15, -0.1) is 0 Å². The average Bonchev–Trinajstić information content (AvgIpc) is 3.00. The van der Waals surface area contributed by atoms with Crippen molar-refractivity contribution < 1.29 is 9.90 Å². The number of aromatic nitrogens is 4. The van der Waals surface area contributed by atoms with Gasteiger partial charge in [0.15, 0.2) is 5.65 Å². The van der Waals surface area contributed by atoms with E-state index in [1.165, 1.54) is 17.0 Å². The zero-order valence-corrected chi connectivity index (χ0v) is 15.8. The van der Waals surface area contributed by atoms with Gasteiger partial charge in [-0.2, -0.15) is 5.10 Å². The topological polar surface area (TPSA) is 89.5 Å². The molecule has 28 heavy (non-hydrogen) atoms. The van der Waals surface area contributed by atoms with Crippen molar-refractivity contribution in [2.45, 2.75) is 26.8 Å². The Morgan fingerprint density at radius 2 is 1.86 bits per heavy atom. The van der Waals surface area contributed by atoms with Crippen LogP contribution < -0.4 is 5.56 Å². The molecule has 0 fully saturated rings. The first kappa shape index (κ1) is 17.9. The molecule has 0 radical (unpaired) electrons. The van der Waals surface area contributed by atoms with Gasteiger partial charge < -0.3 is 9.67 Å². The van der Waals surface area contributed by atoms with Gasteiger partial charge in [-0.3, -0.25) is 4.79 Å². The lowest BCUT2D eigenvalue weighted by Crippen LogP contribution is -2.33. The molecule has 0 aliphatic rings. The first-order chi connectivity index (χ1) is 13.4. The van der Waals surface area contributed by atoms with Crippen molar-refractivity contribution in [1.29, 1.82) is 0 Å². The van der Waals surface area contributed by atoms with E-state index < -0.39 is 12.0 Å². The minimum absolute atomic E-state index is 0.235. The molecule has 1 N–H and O–H groups in total. The molecule has 4 rings (SSSR count). The van der Waals surface area contributed by atoms with Crippen molar-refractivity contribution in [3.63, 3.8) is 0 Å². The fourth-order valence-corrected chi connectivity index (χ4v) is 3.68. The smallest absolute Gasteiger partial charge is 0.327 e. The van der Waals surface area contributed by atoms with E-state index in [9.17, 15) is 14.7 Å². The van der Waals surface area contributed by atoms with E-state index in [4.69, 9.17) is 0 Å². The van der Waals surface area contributed by atoms with Crippen LogP contribution in [0.1, 0.15) is 25.6 Å². The maximum atomic E-state index is 13.0. The SMILES string of the molecule is Cc1nn2c(ncc3c(=O)n([C@@H](C(=O)O)C(C)C)ccc32)c1-c1ccccc1. The van der Waals surface area contributed by atoms with E-state index in [-0.39, 0.29) is 11.5 Å². The number of hydrogen-bond acceptors (Lipinski definition) is 4. The third kappa shape index (κ3) is 2.67. The highest BCUT2D eigenvalue weighted by atomic mass is 16.4.